The Bertz CT molecular complexity index is 847. The monoisotopic (exact) mass is 422 g/mol. The van der Waals surface area contributed by atoms with Crippen molar-refractivity contribution in [2.45, 2.75) is 51.6 Å². The highest BCUT2D eigenvalue weighted by Gasteiger charge is 2.26. The number of benzene rings is 2. The third-order valence-electron chi connectivity index (χ3n) is 5.79. The highest BCUT2D eigenvalue weighted by atomic mass is 16.5. The number of ketones is 1. The molecule has 5 nitrogen and oxygen atoms in total. The van der Waals surface area contributed by atoms with E-state index in [9.17, 15) is 14.4 Å². The SMILES string of the molecule is O=C(COC(=O)C1CCCCC(C(=O)OCc2ccccc2)CCC1)c1ccccc1. The summed E-state index contributed by atoms with van der Waals surface area (Å²) in [5.41, 5.74) is 1.52. The fraction of sp³-hybridized carbons (Fsp3) is 0.423. The highest BCUT2D eigenvalue weighted by Crippen LogP contribution is 2.27. The van der Waals surface area contributed by atoms with Crippen molar-refractivity contribution in [3.8, 4) is 0 Å². The molecule has 0 bridgehead atoms. The van der Waals surface area contributed by atoms with Crippen molar-refractivity contribution in [1.82, 2.24) is 0 Å². The number of carbonyl (C=O) groups is 3. The molecule has 0 N–H and O–H groups in total. The Morgan fingerprint density at radius 3 is 1.81 bits per heavy atom. The van der Waals surface area contributed by atoms with Gasteiger partial charge < -0.3 is 9.47 Å². The molecule has 0 heterocycles. The number of carbonyl (C=O) groups excluding carboxylic acids is 3. The molecule has 5 heteroatoms. The van der Waals surface area contributed by atoms with Gasteiger partial charge >= 0.3 is 11.9 Å². The van der Waals surface area contributed by atoms with Crippen molar-refractivity contribution in [3.05, 3.63) is 71.8 Å². The minimum Gasteiger partial charge on any atom is -0.461 e. The molecule has 3 rings (SSSR count). The van der Waals surface area contributed by atoms with E-state index in [0.717, 1.165) is 37.7 Å². The van der Waals surface area contributed by atoms with Gasteiger partial charge in [-0.05, 0) is 31.2 Å². The summed E-state index contributed by atoms with van der Waals surface area (Å²) in [6.45, 7) is 0.0638. The van der Waals surface area contributed by atoms with E-state index in [1.165, 1.54) is 0 Å². The standard InChI is InChI=1S/C26H30O5/c27-24(21-12-5-2-6-13-21)19-31-26(29)23-15-8-7-14-22(16-9-17-23)25(28)30-18-20-10-3-1-4-11-20/h1-6,10-13,22-23H,7-9,14-19H2. The first-order valence-electron chi connectivity index (χ1n) is 11.1. The Balaban J connectivity index is 1.43. The fourth-order valence-electron chi connectivity index (χ4n) is 3.96. The third-order valence-corrected chi connectivity index (χ3v) is 5.79. The number of rotatable bonds is 7. The van der Waals surface area contributed by atoms with E-state index in [0.29, 0.717) is 25.0 Å². The lowest BCUT2D eigenvalue weighted by Gasteiger charge is -2.16. The molecule has 2 atom stereocenters. The normalized spacial score (nSPS) is 19.4. The average Bonchev–Trinajstić information content (AvgIpc) is 2.94. The Kier molecular flexibility index (Phi) is 8.83. The van der Waals surface area contributed by atoms with E-state index in [4.69, 9.17) is 9.47 Å². The molecule has 1 aliphatic rings. The van der Waals surface area contributed by atoms with Crippen LogP contribution in [0.1, 0.15) is 60.9 Å². The first-order chi connectivity index (χ1) is 15.1. The quantitative estimate of drug-likeness (QED) is 0.457. The van der Waals surface area contributed by atoms with Crippen LogP contribution in [0.25, 0.3) is 0 Å². The van der Waals surface area contributed by atoms with Crippen LogP contribution >= 0.6 is 0 Å². The molecule has 0 aromatic heterocycles. The van der Waals surface area contributed by atoms with E-state index in [1.54, 1.807) is 24.3 Å². The van der Waals surface area contributed by atoms with Crippen LogP contribution < -0.4 is 0 Å². The molecular weight excluding hydrogens is 392 g/mol. The van der Waals surface area contributed by atoms with Crippen LogP contribution in [0.3, 0.4) is 0 Å². The third kappa shape index (κ3) is 7.35. The first-order valence-corrected chi connectivity index (χ1v) is 11.1. The molecule has 2 aromatic carbocycles. The minimum absolute atomic E-state index is 0.127. The molecule has 0 aliphatic heterocycles. The van der Waals surface area contributed by atoms with Crippen LogP contribution in [0.15, 0.2) is 60.7 Å². The summed E-state index contributed by atoms with van der Waals surface area (Å²) >= 11 is 0. The molecule has 0 spiro atoms. The van der Waals surface area contributed by atoms with Crippen LogP contribution in [-0.2, 0) is 25.7 Å². The van der Waals surface area contributed by atoms with Crippen LogP contribution in [-0.4, -0.2) is 24.3 Å². The molecule has 0 amide bonds. The number of hydrogen-bond acceptors (Lipinski definition) is 5. The van der Waals surface area contributed by atoms with Crippen LogP contribution in [0, 0.1) is 11.8 Å². The van der Waals surface area contributed by atoms with Crippen molar-refractivity contribution in [1.29, 1.82) is 0 Å². The van der Waals surface area contributed by atoms with Gasteiger partial charge in [0.2, 0.25) is 0 Å². The zero-order chi connectivity index (χ0) is 21.9. The smallest absolute Gasteiger partial charge is 0.309 e. The van der Waals surface area contributed by atoms with Crippen molar-refractivity contribution < 1.29 is 23.9 Å². The summed E-state index contributed by atoms with van der Waals surface area (Å²) in [6.07, 6.45) is 5.37. The van der Waals surface area contributed by atoms with Gasteiger partial charge in [-0.2, -0.15) is 0 Å². The van der Waals surface area contributed by atoms with Crippen molar-refractivity contribution in [2.75, 3.05) is 6.61 Å². The Labute approximate surface area is 183 Å². The summed E-state index contributed by atoms with van der Waals surface area (Å²) < 4.78 is 10.8. The highest BCUT2D eigenvalue weighted by molar-refractivity contribution is 5.97. The zero-order valence-corrected chi connectivity index (χ0v) is 17.8. The average molecular weight is 423 g/mol. The zero-order valence-electron chi connectivity index (χ0n) is 17.8. The van der Waals surface area contributed by atoms with E-state index in [1.807, 2.05) is 36.4 Å². The van der Waals surface area contributed by atoms with Gasteiger partial charge in [-0.1, -0.05) is 79.9 Å². The van der Waals surface area contributed by atoms with Gasteiger partial charge in [0.15, 0.2) is 12.4 Å². The molecule has 0 saturated heterocycles. The molecule has 1 fully saturated rings. The molecule has 1 aliphatic carbocycles. The number of ether oxygens (including phenoxy) is 2. The second-order valence-corrected chi connectivity index (χ2v) is 8.10. The first kappa shape index (κ1) is 22.7. The van der Waals surface area contributed by atoms with Gasteiger partial charge in [0, 0.05) is 5.56 Å². The van der Waals surface area contributed by atoms with Gasteiger partial charge in [-0.3, -0.25) is 14.4 Å². The molecule has 0 radical (unpaired) electrons. The number of Topliss-reactive ketones (excluding diaryl/α,β-unsaturated/α-hetero) is 1. The largest absolute Gasteiger partial charge is 0.461 e. The maximum atomic E-state index is 12.5. The van der Waals surface area contributed by atoms with E-state index in [2.05, 4.69) is 0 Å². The predicted molar refractivity (Wildman–Crippen MR) is 117 cm³/mol. The Morgan fingerprint density at radius 1 is 0.677 bits per heavy atom. The van der Waals surface area contributed by atoms with E-state index >= 15 is 0 Å². The topological polar surface area (TPSA) is 69.7 Å². The summed E-state index contributed by atoms with van der Waals surface area (Å²) in [6, 6.07) is 18.5. The lowest BCUT2D eigenvalue weighted by molar-refractivity contribution is -0.150. The minimum atomic E-state index is -0.311. The van der Waals surface area contributed by atoms with Crippen LogP contribution in [0.4, 0.5) is 0 Å². The van der Waals surface area contributed by atoms with E-state index in [-0.39, 0.29) is 36.2 Å². The van der Waals surface area contributed by atoms with Crippen molar-refractivity contribution in [3.63, 3.8) is 0 Å². The summed E-state index contributed by atoms with van der Waals surface area (Å²) in [4.78, 5) is 37.2. The molecule has 1 saturated carbocycles. The maximum Gasteiger partial charge on any atom is 0.309 e. The summed E-state index contributed by atoms with van der Waals surface area (Å²) in [7, 11) is 0. The Hall–Kier alpha value is -2.95. The van der Waals surface area contributed by atoms with Gasteiger partial charge in [-0.15, -0.1) is 0 Å². The van der Waals surface area contributed by atoms with Crippen LogP contribution in [0.2, 0.25) is 0 Å². The molecule has 2 aromatic rings. The fourth-order valence-corrected chi connectivity index (χ4v) is 3.96. The molecule has 164 valence electrons. The van der Waals surface area contributed by atoms with Gasteiger partial charge in [0.1, 0.15) is 6.61 Å². The molecule has 31 heavy (non-hydrogen) atoms. The van der Waals surface area contributed by atoms with Crippen molar-refractivity contribution in [2.24, 2.45) is 11.8 Å². The second-order valence-electron chi connectivity index (χ2n) is 8.10. The number of esters is 2. The van der Waals surface area contributed by atoms with E-state index < -0.39 is 0 Å². The second kappa shape index (κ2) is 12.0. The van der Waals surface area contributed by atoms with Crippen molar-refractivity contribution >= 4 is 17.7 Å². The summed E-state index contributed by atoms with van der Waals surface area (Å²) in [5, 5.41) is 0. The molecular formula is C26H30O5. The lowest BCUT2D eigenvalue weighted by atomic mass is 9.95. The lowest BCUT2D eigenvalue weighted by Crippen LogP contribution is -2.22. The number of hydrogen-bond donors (Lipinski definition) is 0. The van der Waals surface area contributed by atoms with Gasteiger partial charge in [0.25, 0.3) is 0 Å². The predicted octanol–water partition coefficient (Wildman–Crippen LogP) is 5.13. The van der Waals surface area contributed by atoms with Crippen LogP contribution in [0.5, 0.6) is 0 Å². The molecule has 2 unspecified atom stereocenters. The summed E-state index contributed by atoms with van der Waals surface area (Å²) in [5.74, 6) is -1.01. The van der Waals surface area contributed by atoms with Gasteiger partial charge in [0.05, 0.1) is 11.8 Å². The Morgan fingerprint density at radius 2 is 1.19 bits per heavy atom. The van der Waals surface area contributed by atoms with Gasteiger partial charge in [-0.25, -0.2) is 0 Å². The maximum absolute atomic E-state index is 12.5.